The largest absolute Gasteiger partial charge is 0.492 e. The van der Waals surface area contributed by atoms with E-state index in [9.17, 15) is 18.0 Å². The molecule has 2 atom stereocenters. The quantitative estimate of drug-likeness (QED) is 0.317. The summed E-state index contributed by atoms with van der Waals surface area (Å²) in [5.41, 5.74) is 2.14. The number of ether oxygens (including phenoxy) is 1. The lowest BCUT2D eigenvalue weighted by molar-refractivity contribution is -0.139. The van der Waals surface area contributed by atoms with Gasteiger partial charge >= 0.3 is 0 Å². The van der Waals surface area contributed by atoms with Crippen molar-refractivity contribution in [2.24, 2.45) is 0 Å². The van der Waals surface area contributed by atoms with Crippen LogP contribution in [0.2, 0.25) is 0 Å². The standard InChI is InChI=1S/C31H39N3O5S/c1-6-24(4)32-31(36)25(5)33(21-26-19-17-23(3)18-20-26)30(35)22-34(28-15-11-12-16-29(28)39-7-2)40(37,38)27-13-9-8-10-14-27/h8-20,24-25H,6-7,21-22H2,1-5H3,(H,32,36)/t24-,25-/m1/s1. The van der Waals surface area contributed by atoms with Crippen LogP contribution in [-0.2, 0) is 26.2 Å². The van der Waals surface area contributed by atoms with E-state index < -0.39 is 28.5 Å². The first-order chi connectivity index (χ1) is 19.1. The summed E-state index contributed by atoms with van der Waals surface area (Å²) < 4.78 is 34.7. The van der Waals surface area contributed by atoms with E-state index in [1.807, 2.05) is 45.0 Å². The number of rotatable bonds is 13. The number of para-hydroxylation sites is 2. The third-order valence-corrected chi connectivity index (χ3v) is 8.46. The van der Waals surface area contributed by atoms with Gasteiger partial charge in [0, 0.05) is 12.6 Å². The summed E-state index contributed by atoms with van der Waals surface area (Å²) in [5.74, 6) is -0.481. The van der Waals surface area contributed by atoms with Crippen LogP contribution in [0.5, 0.6) is 5.75 Å². The SMILES string of the molecule is CCOc1ccccc1N(CC(=O)N(Cc1ccc(C)cc1)[C@H](C)C(=O)N[C@H](C)CC)S(=O)(=O)c1ccccc1. The van der Waals surface area contributed by atoms with Crippen molar-refractivity contribution in [3.8, 4) is 5.75 Å². The van der Waals surface area contributed by atoms with Gasteiger partial charge in [-0.15, -0.1) is 0 Å². The molecule has 0 fully saturated rings. The normalized spacial score (nSPS) is 12.7. The van der Waals surface area contributed by atoms with E-state index in [0.29, 0.717) is 12.4 Å². The third-order valence-electron chi connectivity index (χ3n) is 6.69. The molecule has 3 rings (SSSR count). The van der Waals surface area contributed by atoms with Crippen molar-refractivity contribution in [1.82, 2.24) is 10.2 Å². The second-order valence-corrected chi connectivity index (χ2v) is 11.6. The first-order valence-corrected chi connectivity index (χ1v) is 15.0. The average molecular weight is 566 g/mol. The predicted molar refractivity (Wildman–Crippen MR) is 158 cm³/mol. The number of hydrogen-bond acceptors (Lipinski definition) is 5. The highest BCUT2D eigenvalue weighted by Crippen LogP contribution is 2.32. The topological polar surface area (TPSA) is 96.0 Å². The van der Waals surface area contributed by atoms with Gasteiger partial charge in [-0.05, 0) is 63.9 Å². The average Bonchev–Trinajstić information content (AvgIpc) is 2.96. The molecule has 0 saturated heterocycles. The summed E-state index contributed by atoms with van der Waals surface area (Å²) in [6.07, 6.45) is 0.738. The number of amides is 2. The van der Waals surface area contributed by atoms with Crippen molar-refractivity contribution in [2.45, 2.75) is 64.6 Å². The van der Waals surface area contributed by atoms with Crippen LogP contribution in [0.1, 0.15) is 45.2 Å². The highest BCUT2D eigenvalue weighted by molar-refractivity contribution is 7.92. The van der Waals surface area contributed by atoms with Crippen LogP contribution in [0.25, 0.3) is 0 Å². The van der Waals surface area contributed by atoms with Gasteiger partial charge in [0.05, 0.1) is 17.2 Å². The Hall–Kier alpha value is -3.85. The summed E-state index contributed by atoms with van der Waals surface area (Å²) in [6.45, 7) is 9.23. The maximum absolute atomic E-state index is 14.0. The lowest BCUT2D eigenvalue weighted by Crippen LogP contribution is -2.52. The minimum Gasteiger partial charge on any atom is -0.492 e. The van der Waals surface area contributed by atoms with Crippen molar-refractivity contribution in [3.05, 3.63) is 90.0 Å². The van der Waals surface area contributed by atoms with Gasteiger partial charge in [0.15, 0.2) is 0 Å². The highest BCUT2D eigenvalue weighted by atomic mass is 32.2. The smallest absolute Gasteiger partial charge is 0.264 e. The molecule has 0 bridgehead atoms. The minimum absolute atomic E-state index is 0.0433. The van der Waals surface area contributed by atoms with E-state index in [2.05, 4.69) is 5.32 Å². The van der Waals surface area contributed by atoms with E-state index >= 15 is 0 Å². The molecule has 214 valence electrons. The van der Waals surface area contributed by atoms with Gasteiger partial charge in [-0.2, -0.15) is 0 Å². The van der Waals surface area contributed by atoms with Crippen molar-refractivity contribution in [3.63, 3.8) is 0 Å². The number of nitrogens with one attached hydrogen (secondary N) is 1. The molecule has 0 spiro atoms. The molecule has 8 nitrogen and oxygen atoms in total. The van der Waals surface area contributed by atoms with E-state index in [-0.39, 0.29) is 29.1 Å². The molecule has 1 N–H and O–H groups in total. The lowest BCUT2D eigenvalue weighted by atomic mass is 10.1. The van der Waals surface area contributed by atoms with E-state index in [0.717, 1.165) is 21.9 Å². The number of nitrogens with zero attached hydrogens (tertiary/aromatic N) is 2. The Labute approximate surface area is 238 Å². The lowest BCUT2D eigenvalue weighted by Gasteiger charge is -2.33. The van der Waals surface area contributed by atoms with Gasteiger partial charge in [-0.25, -0.2) is 8.42 Å². The molecule has 40 heavy (non-hydrogen) atoms. The van der Waals surface area contributed by atoms with Crippen LogP contribution in [0.4, 0.5) is 5.69 Å². The molecular weight excluding hydrogens is 526 g/mol. The van der Waals surface area contributed by atoms with Gasteiger partial charge in [-0.3, -0.25) is 13.9 Å². The molecule has 0 heterocycles. The van der Waals surface area contributed by atoms with Gasteiger partial charge < -0.3 is 15.0 Å². The molecule has 9 heteroatoms. The molecule has 0 aromatic heterocycles. The third kappa shape index (κ3) is 7.63. The van der Waals surface area contributed by atoms with Gasteiger partial charge in [-0.1, -0.05) is 67.1 Å². The van der Waals surface area contributed by atoms with Crippen LogP contribution in [0.3, 0.4) is 0 Å². The minimum atomic E-state index is -4.17. The van der Waals surface area contributed by atoms with E-state index in [1.54, 1.807) is 56.3 Å². The molecule has 2 amide bonds. The van der Waals surface area contributed by atoms with E-state index in [1.165, 1.54) is 17.0 Å². The Kier molecular flexibility index (Phi) is 10.7. The van der Waals surface area contributed by atoms with Crippen LogP contribution < -0.4 is 14.4 Å². The summed E-state index contributed by atoms with van der Waals surface area (Å²) >= 11 is 0. The number of aryl methyl sites for hydroxylation is 1. The van der Waals surface area contributed by atoms with Gasteiger partial charge in [0.25, 0.3) is 10.0 Å². The summed E-state index contributed by atoms with van der Waals surface area (Å²) in [7, 11) is -4.17. The maximum atomic E-state index is 14.0. The monoisotopic (exact) mass is 565 g/mol. The fraction of sp³-hybridized carbons (Fsp3) is 0.355. The number of anilines is 1. The zero-order valence-corrected chi connectivity index (χ0v) is 24.6. The van der Waals surface area contributed by atoms with Crippen LogP contribution >= 0.6 is 0 Å². The molecular formula is C31H39N3O5S. The Bertz CT molecular complexity index is 1380. The molecule has 3 aromatic rings. The summed E-state index contributed by atoms with van der Waals surface area (Å²) in [4.78, 5) is 28.7. The van der Waals surface area contributed by atoms with E-state index in [4.69, 9.17) is 4.74 Å². The number of carbonyl (C=O) groups is 2. The van der Waals surface area contributed by atoms with Gasteiger partial charge in [0.2, 0.25) is 11.8 Å². The van der Waals surface area contributed by atoms with Gasteiger partial charge in [0.1, 0.15) is 18.3 Å². The second-order valence-electron chi connectivity index (χ2n) is 9.73. The van der Waals surface area contributed by atoms with Crippen molar-refractivity contribution < 1.29 is 22.7 Å². The van der Waals surface area contributed by atoms with Crippen LogP contribution in [-0.4, -0.2) is 50.4 Å². The summed E-state index contributed by atoms with van der Waals surface area (Å²) in [5, 5.41) is 2.94. The Balaban J connectivity index is 2.06. The van der Waals surface area contributed by atoms with Crippen LogP contribution in [0, 0.1) is 6.92 Å². The van der Waals surface area contributed by atoms with Crippen molar-refractivity contribution in [1.29, 1.82) is 0 Å². The number of benzene rings is 3. The number of sulfonamides is 1. The molecule has 0 unspecified atom stereocenters. The molecule has 0 aliphatic heterocycles. The first-order valence-electron chi connectivity index (χ1n) is 13.5. The molecule has 0 saturated carbocycles. The molecule has 0 aliphatic rings. The Morgan fingerprint density at radius 3 is 2.15 bits per heavy atom. The summed E-state index contributed by atoms with van der Waals surface area (Å²) in [6, 6.07) is 21.5. The molecule has 3 aromatic carbocycles. The fourth-order valence-corrected chi connectivity index (χ4v) is 5.56. The molecule has 0 radical (unpaired) electrons. The fourth-order valence-electron chi connectivity index (χ4n) is 4.11. The Morgan fingerprint density at radius 1 is 0.900 bits per heavy atom. The van der Waals surface area contributed by atoms with Crippen molar-refractivity contribution >= 4 is 27.5 Å². The number of hydrogen-bond donors (Lipinski definition) is 1. The Morgan fingerprint density at radius 2 is 1.52 bits per heavy atom. The second kappa shape index (κ2) is 14.0. The highest BCUT2D eigenvalue weighted by Gasteiger charge is 2.33. The maximum Gasteiger partial charge on any atom is 0.264 e. The zero-order valence-electron chi connectivity index (χ0n) is 23.8. The van der Waals surface area contributed by atoms with Crippen LogP contribution in [0.15, 0.2) is 83.8 Å². The first kappa shape index (κ1) is 30.7. The number of carbonyl (C=O) groups excluding carboxylic acids is 2. The zero-order chi connectivity index (χ0) is 29.3. The molecule has 0 aliphatic carbocycles. The van der Waals surface area contributed by atoms with Crippen molar-refractivity contribution in [2.75, 3.05) is 17.5 Å². The predicted octanol–water partition coefficient (Wildman–Crippen LogP) is 4.92.